The van der Waals surface area contributed by atoms with Gasteiger partial charge in [0.2, 0.25) is 11.2 Å². The van der Waals surface area contributed by atoms with E-state index < -0.39 is 5.97 Å². The maximum atomic E-state index is 12.9. The fraction of sp³-hybridized carbons (Fsp3) is 0.222. The van der Waals surface area contributed by atoms with E-state index in [-0.39, 0.29) is 16.9 Å². The van der Waals surface area contributed by atoms with Crippen LogP contribution >= 0.6 is 0 Å². The number of esters is 1. The van der Waals surface area contributed by atoms with Gasteiger partial charge in [-0.25, -0.2) is 4.79 Å². The van der Waals surface area contributed by atoms with Gasteiger partial charge in [0, 0.05) is 11.1 Å². The number of phenolic OH excluding ortho intramolecular Hbond substituents is 1. The van der Waals surface area contributed by atoms with Crippen molar-refractivity contribution in [2.45, 2.75) is 20.8 Å². The molecule has 2 heterocycles. The number of phenols is 1. The molecule has 0 aliphatic heterocycles. The molecule has 3 rings (SSSR count). The van der Waals surface area contributed by atoms with E-state index in [0.717, 1.165) is 0 Å². The molecule has 2 aromatic heterocycles. The Morgan fingerprint density at radius 2 is 1.83 bits per heavy atom. The summed E-state index contributed by atoms with van der Waals surface area (Å²) in [5.74, 6) is 0.256. The molecule has 24 heavy (non-hydrogen) atoms. The number of fused-ring (bicyclic) bond motifs is 1. The van der Waals surface area contributed by atoms with E-state index >= 15 is 0 Å². The maximum absolute atomic E-state index is 12.9. The van der Waals surface area contributed by atoms with E-state index in [2.05, 4.69) is 4.74 Å². The summed E-state index contributed by atoms with van der Waals surface area (Å²) in [5.41, 5.74) is 1.39. The Morgan fingerprint density at radius 3 is 2.50 bits per heavy atom. The molecule has 0 saturated carbocycles. The second-order valence-electron chi connectivity index (χ2n) is 5.52. The van der Waals surface area contributed by atoms with E-state index in [4.69, 9.17) is 8.83 Å². The number of rotatable bonds is 2. The topological polar surface area (TPSA) is 89.9 Å². The number of hydrogen-bond acceptors (Lipinski definition) is 6. The zero-order valence-electron chi connectivity index (χ0n) is 13.7. The molecule has 0 amide bonds. The average molecular weight is 328 g/mol. The highest BCUT2D eigenvalue weighted by Gasteiger charge is 2.22. The molecule has 0 saturated heterocycles. The lowest BCUT2D eigenvalue weighted by molar-refractivity contribution is 0.0563. The standard InChI is InChI=1S/C18H16O6/c1-8-13(19)6-5-11-16(20)15(10(3)24-17(8)11)12-7-14(18(21)22-4)23-9(12)2/h5-7,19H,1-4H3. The Morgan fingerprint density at radius 1 is 1.12 bits per heavy atom. The SMILES string of the molecule is COC(=O)c1cc(-c2c(C)oc3c(C)c(O)ccc3c2=O)c(C)o1. The van der Waals surface area contributed by atoms with Crippen LogP contribution in [0.1, 0.15) is 27.6 Å². The van der Waals surface area contributed by atoms with Crippen molar-refractivity contribution in [2.75, 3.05) is 7.11 Å². The van der Waals surface area contributed by atoms with Gasteiger partial charge < -0.3 is 18.7 Å². The van der Waals surface area contributed by atoms with Gasteiger partial charge in [0.15, 0.2) is 0 Å². The number of methoxy groups -OCH3 is 1. The first-order chi connectivity index (χ1) is 11.3. The third kappa shape index (κ3) is 2.27. The first kappa shape index (κ1) is 15.9. The van der Waals surface area contributed by atoms with Crippen molar-refractivity contribution in [3.8, 4) is 16.9 Å². The number of aromatic hydroxyl groups is 1. The van der Waals surface area contributed by atoms with Crippen LogP contribution in [0.2, 0.25) is 0 Å². The van der Waals surface area contributed by atoms with Crippen molar-refractivity contribution in [1.82, 2.24) is 0 Å². The predicted molar refractivity (Wildman–Crippen MR) is 87.4 cm³/mol. The van der Waals surface area contributed by atoms with Crippen molar-refractivity contribution < 1.29 is 23.5 Å². The summed E-state index contributed by atoms with van der Waals surface area (Å²) in [6.45, 7) is 5.00. The lowest BCUT2D eigenvalue weighted by Crippen LogP contribution is -2.08. The Kier molecular flexibility index (Phi) is 3.67. The van der Waals surface area contributed by atoms with Gasteiger partial charge in [0.1, 0.15) is 22.9 Å². The van der Waals surface area contributed by atoms with Gasteiger partial charge in [0.05, 0.1) is 18.1 Å². The Hall–Kier alpha value is -3.02. The minimum absolute atomic E-state index is 0.0192. The molecule has 1 aromatic carbocycles. The summed E-state index contributed by atoms with van der Waals surface area (Å²) in [6.07, 6.45) is 0. The van der Waals surface area contributed by atoms with Crippen LogP contribution in [0.25, 0.3) is 22.1 Å². The van der Waals surface area contributed by atoms with Gasteiger partial charge in [-0.3, -0.25) is 4.79 Å². The van der Waals surface area contributed by atoms with Crippen LogP contribution < -0.4 is 5.43 Å². The summed E-state index contributed by atoms with van der Waals surface area (Å²) >= 11 is 0. The van der Waals surface area contributed by atoms with Gasteiger partial charge >= 0.3 is 5.97 Å². The Bertz CT molecular complexity index is 1020. The highest BCUT2D eigenvalue weighted by atomic mass is 16.5. The summed E-state index contributed by atoms with van der Waals surface area (Å²) in [6, 6.07) is 4.44. The van der Waals surface area contributed by atoms with E-state index in [1.54, 1.807) is 20.8 Å². The van der Waals surface area contributed by atoms with Crippen LogP contribution in [0.4, 0.5) is 0 Å². The minimum atomic E-state index is -0.618. The highest BCUT2D eigenvalue weighted by Crippen LogP contribution is 2.32. The summed E-state index contributed by atoms with van der Waals surface area (Å²) in [7, 11) is 1.25. The minimum Gasteiger partial charge on any atom is -0.508 e. The second kappa shape index (κ2) is 5.56. The van der Waals surface area contributed by atoms with Crippen LogP contribution in [0, 0.1) is 20.8 Å². The molecule has 0 aliphatic carbocycles. The molecular weight excluding hydrogens is 312 g/mol. The normalized spacial score (nSPS) is 11.0. The molecule has 0 bridgehead atoms. The van der Waals surface area contributed by atoms with Gasteiger partial charge in [-0.15, -0.1) is 0 Å². The highest BCUT2D eigenvalue weighted by molar-refractivity contribution is 5.90. The quantitative estimate of drug-likeness (QED) is 0.724. The second-order valence-corrected chi connectivity index (χ2v) is 5.52. The van der Waals surface area contributed by atoms with Gasteiger partial charge in [-0.05, 0) is 39.0 Å². The molecule has 3 aromatic rings. The van der Waals surface area contributed by atoms with Crippen LogP contribution in [0.15, 0.2) is 31.8 Å². The van der Waals surface area contributed by atoms with Crippen LogP contribution in [0.5, 0.6) is 5.75 Å². The summed E-state index contributed by atoms with van der Waals surface area (Å²) < 4.78 is 15.8. The van der Waals surface area contributed by atoms with Crippen molar-refractivity contribution in [1.29, 1.82) is 0 Å². The van der Waals surface area contributed by atoms with Gasteiger partial charge in [0.25, 0.3) is 0 Å². The largest absolute Gasteiger partial charge is 0.508 e. The number of aryl methyl sites for hydroxylation is 3. The molecule has 6 nitrogen and oxygen atoms in total. The third-order valence-corrected chi connectivity index (χ3v) is 4.03. The molecule has 0 atom stereocenters. The number of furan rings is 1. The van der Waals surface area contributed by atoms with Gasteiger partial charge in [-0.1, -0.05) is 0 Å². The smallest absolute Gasteiger partial charge is 0.373 e. The van der Waals surface area contributed by atoms with Crippen molar-refractivity contribution in [3.05, 3.63) is 51.3 Å². The maximum Gasteiger partial charge on any atom is 0.373 e. The fourth-order valence-corrected chi connectivity index (χ4v) is 2.73. The van der Waals surface area contributed by atoms with E-state index in [0.29, 0.717) is 39.2 Å². The average Bonchev–Trinajstić information content (AvgIpc) is 2.92. The number of carbonyl (C=O) groups excluding carboxylic acids is 1. The van der Waals surface area contributed by atoms with Gasteiger partial charge in [-0.2, -0.15) is 0 Å². The molecule has 6 heteroatoms. The van der Waals surface area contributed by atoms with E-state index in [1.807, 2.05) is 0 Å². The molecule has 0 unspecified atom stereocenters. The summed E-state index contributed by atoms with van der Waals surface area (Å²) in [5, 5.41) is 10.1. The zero-order chi connectivity index (χ0) is 17.6. The van der Waals surface area contributed by atoms with Crippen molar-refractivity contribution >= 4 is 16.9 Å². The molecular formula is C18H16O6. The fourth-order valence-electron chi connectivity index (χ4n) is 2.73. The van der Waals surface area contributed by atoms with Crippen LogP contribution in [-0.2, 0) is 4.74 Å². The first-order valence-corrected chi connectivity index (χ1v) is 7.30. The van der Waals surface area contributed by atoms with E-state index in [1.165, 1.54) is 25.3 Å². The molecule has 0 radical (unpaired) electrons. The first-order valence-electron chi connectivity index (χ1n) is 7.30. The number of carbonyl (C=O) groups is 1. The monoisotopic (exact) mass is 328 g/mol. The number of hydrogen-bond donors (Lipinski definition) is 1. The zero-order valence-corrected chi connectivity index (χ0v) is 13.7. The molecule has 1 N–H and O–H groups in total. The third-order valence-electron chi connectivity index (χ3n) is 4.03. The lowest BCUT2D eigenvalue weighted by Gasteiger charge is -2.08. The number of benzene rings is 1. The molecule has 0 spiro atoms. The predicted octanol–water partition coefficient (Wildman–Crippen LogP) is 3.47. The number of ether oxygens (including phenoxy) is 1. The van der Waals surface area contributed by atoms with Crippen molar-refractivity contribution in [2.24, 2.45) is 0 Å². The Balaban J connectivity index is 2.32. The molecule has 124 valence electrons. The summed E-state index contributed by atoms with van der Waals surface area (Å²) in [4.78, 5) is 24.5. The van der Waals surface area contributed by atoms with E-state index in [9.17, 15) is 14.7 Å². The Labute approximate surface area is 137 Å². The molecule has 0 fully saturated rings. The van der Waals surface area contributed by atoms with Crippen LogP contribution in [-0.4, -0.2) is 18.2 Å². The van der Waals surface area contributed by atoms with Crippen molar-refractivity contribution in [3.63, 3.8) is 0 Å². The molecule has 0 aliphatic rings. The van der Waals surface area contributed by atoms with Crippen LogP contribution in [0.3, 0.4) is 0 Å². The lowest BCUT2D eigenvalue weighted by atomic mass is 10.0.